The summed E-state index contributed by atoms with van der Waals surface area (Å²) in [6.07, 6.45) is 2.97. The van der Waals surface area contributed by atoms with E-state index in [-0.39, 0.29) is 6.04 Å². The van der Waals surface area contributed by atoms with Crippen LogP contribution in [0.1, 0.15) is 36.7 Å². The lowest BCUT2D eigenvalue weighted by molar-refractivity contribution is 0.648. The molecule has 0 bridgehead atoms. The summed E-state index contributed by atoms with van der Waals surface area (Å²) in [6.45, 7) is 4.80. The highest BCUT2D eigenvalue weighted by Gasteiger charge is 2.05. The highest BCUT2D eigenvalue weighted by molar-refractivity contribution is 5.22. The molecule has 1 heterocycles. The monoisotopic (exact) mass is 230 g/mol. The lowest BCUT2D eigenvalue weighted by atomic mass is 10.1. The van der Waals surface area contributed by atoms with Crippen LogP contribution >= 0.6 is 0 Å². The molecule has 4 heteroatoms. The molecule has 0 spiro atoms. The molecule has 0 saturated carbocycles. The summed E-state index contributed by atoms with van der Waals surface area (Å²) in [5.41, 5.74) is 9.15. The average molecular weight is 230 g/mol. The summed E-state index contributed by atoms with van der Waals surface area (Å²) in [7, 11) is 0. The smallest absolute Gasteiger partial charge is 0.0991 e. The number of nitrogens with two attached hydrogens (primary N) is 1. The van der Waals surface area contributed by atoms with E-state index in [1.54, 1.807) is 0 Å². The molecular formula is C13H18N4. The van der Waals surface area contributed by atoms with Crippen molar-refractivity contribution in [3.8, 4) is 0 Å². The van der Waals surface area contributed by atoms with Gasteiger partial charge in [0.2, 0.25) is 0 Å². The van der Waals surface area contributed by atoms with Gasteiger partial charge in [0, 0.05) is 6.04 Å². The Bertz CT molecular complexity index is 470. The van der Waals surface area contributed by atoms with E-state index in [1.165, 1.54) is 11.1 Å². The Balaban J connectivity index is 2.08. The highest BCUT2D eigenvalue weighted by atomic mass is 15.4. The third-order valence-electron chi connectivity index (χ3n) is 2.80. The molecule has 0 radical (unpaired) electrons. The van der Waals surface area contributed by atoms with Gasteiger partial charge in [-0.15, -0.1) is 5.10 Å². The van der Waals surface area contributed by atoms with Crippen LogP contribution in [0.3, 0.4) is 0 Å². The largest absolute Gasteiger partial charge is 0.323 e. The molecule has 1 unspecified atom stereocenters. The van der Waals surface area contributed by atoms with Gasteiger partial charge in [-0.3, -0.25) is 0 Å². The van der Waals surface area contributed by atoms with Crippen molar-refractivity contribution < 1.29 is 0 Å². The van der Waals surface area contributed by atoms with Crippen LogP contribution in [0.2, 0.25) is 0 Å². The van der Waals surface area contributed by atoms with Gasteiger partial charge in [-0.25, -0.2) is 4.68 Å². The zero-order valence-electron chi connectivity index (χ0n) is 10.3. The van der Waals surface area contributed by atoms with Gasteiger partial charge in [-0.2, -0.15) is 0 Å². The van der Waals surface area contributed by atoms with Gasteiger partial charge in [-0.05, 0) is 24.5 Å². The van der Waals surface area contributed by atoms with Crippen LogP contribution in [0.4, 0.5) is 0 Å². The van der Waals surface area contributed by atoms with Crippen LogP contribution < -0.4 is 5.73 Å². The maximum absolute atomic E-state index is 5.74. The standard InChI is InChI=1S/C13H18N4/c1-3-11-4-6-12(7-5-11)8-17-9-13(10(2)14)15-16-17/h4-7,9-10H,3,8,14H2,1-2H3. The predicted octanol–water partition coefficient (Wildman–Crippen LogP) is 1.91. The molecule has 0 amide bonds. The molecule has 90 valence electrons. The van der Waals surface area contributed by atoms with E-state index in [1.807, 2.05) is 17.8 Å². The van der Waals surface area contributed by atoms with E-state index >= 15 is 0 Å². The fraction of sp³-hybridized carbons (Fsp3) is 0.385. The first-order valence-corrected chi connectivity index (χ1v) is 5.92. The van der Waals surface area contributed by atoms with E-state index in [9.17, 15) is 0 Å². The second-order valence-electron chi connectivity index (χ2n) is 4.30. The number of nitrogens with zero attached hydrogens (tertiary/aromatic N) is 3. The summed E-state index contributed by atoms with van der Waals surface area (Å²) in [5, 5.41) is 8.10. The topological polar surface area (TPSA) is 56.7 Å². The van der Waals surface area contributed by atoms with Crippen molar-refractivity contribution in [2.24, 2.45) is 5.73 Å². The Morgan fingerprint density at radius 1 is 1.24 bits per heavy atom. The summed E-state index contributed by atoms with van der Waals surface area (Å²) in [6, 6.07) is 8.50. The Morgan fingerprint density at radius 3 is 2.41 bits per heavy atom. The van der Waals surface area contributed by atoms with Crippen LogP contribution in [0.15, 0.2) is 30.5 Å². The van der Waals surface area contributed by atoms with Crippen molar-refractivity contribution in [1.29, 1.82) is 0 Å². The lowest BCUT2D eigenvalue weighted by Crippen LogP contribution is -2.05. The van der Waals surface area contributed by atoms with E-state index < -0.39 is 0 Å². The quantitative estimate of drug-likeness (QED) is 0.872. The average Bonchev–Trinajstić information content (AvgIpc) is 2.79. The van der Waals surface area contributed by atoms with Crippen molar-refractivity contribution in [1.82, 2.24) is 15.0 Å². The predicted molar refractivity (Wildman–Crippen MR) is 67.5 cm³/mol. The zero-order valence-corrected chi connectivity index (χ0v) is 10.3. The van der Waals surface area contributed by atoms with Crippen LogP contribution in [0, 0.1) is 0 Å². The zero-order chi connectivity index (χ0) is 12.3. The molecule has 2 aromatic rings. The summed E-state index contributed by atoms with van der Waals surface area (Å²) in [5.74, 6) is 0. The summed E-state index contributed by atoms with van der Waals surface area (Å²) >= 11 is 0. The third kappa shape index (κ3) is 2.91. The van der Waals surface area contributed by atoms with Crippen molar-refractivity contribution >= 4 is 0 Å². The molecule has 0 aliphatic rings. The Morgan fingerprint density at radius 2 is 1.88 bits per heavy atom. The lowest BCUT2D eigenvalue weighted by Gasteiger charge is -2.02. The third-order valence-corrected chi connectivity index (χ3v) is 2.80. The first kappa shape index (κ1) is 11.8. The number of aryl methyl sites for hydroxylation is 1. The normalized spacial score (nSPS) is 12.6. The maximum Gasteiger partial charge on any atom is 0.0991 e. The van der Waals surface area contributed by atoms with Crippen molar-refractivity contribution in [2.45, 2.75) is 32.9 Å². The second-order valence-corrected chi connectivity index (χ2v) is 4.30. The second kappa shape index (κ2) is 5.10. The molecule has 4 nitrogen and oxygen atoms in total. The molecule has 0 fully saturated rings. The van der Waals surface area contributed by atoms with E-state index in [0.29, 0.717) is 0 Å². The Hall–Kier alpha value is -1.68. The van der Waals surface area contributed by atoms with E-state index in [0.717, 1.165) is 18.7 Å². The summed E-state index contributed by atoms with van der Waals surface area (Å²) < 4.78 is 1.82. The summed E-state index contributed by atoms with van der Waals surface area (Å²) in [4.78, 5) is 0. The first-order valence-electron chi connectivity index (χ1n) is 5.92. The molecule has 0 aliphatic carbocycles. The van der Waals surface area contributed by atoms with Gasteiger partial charge < -0.3 is 5.73 Å². The maximum atomic E-state index is 5.74. The molecule has 0 saturated heterocycles. The minimum Gasteiger partial charge on any atom is -0.323 e. The van der Waals surface area contributed by atoms with Gasteiger partial charge >= 0.3 is 0 Å². The molecule has 0 aliphatic heterocycles. The number of hydrogen-bond acceptors (Lipinski definition) is 3. The fourth-order valence-electron chi connectivity index (χ4n) is 1.67. The van der Waals surface area contributed by atoms with E-state index in [4.69, 9.17) is 5.73 Å². The van der Waals surface area contributed by atoms with E-state index in [2.05, 4.69) is 41.5 Å². The van der Waals surface area contributed by atoms with Gasteiger partial charge in [0.1, 0.15) is 0 Å². The molecule has 2 rings (SSSR count). The van der Waals surface area contributed by atoms with Crippen LogP contribution in [0.25, 0.3) is 0 Å². The minimum atomic E-state index is -0.0637. The van der Waals surface area contributed by atoms with Crippen LogP contribution in [-0.2, 0) is 13.0 Å². The SMILES string of the molecule is CCc1ccc(Cn2cc(C(C)N)nn2)cc1. The molecule has 2 N–H and O–H groups in total. The fourth-order valence-corrected chi connectivity index (χ4v) is 1.67. The number of aromatic nitrogens is 3. The van der Waals surface area contributed by atoms with Crippen molar-refractivity contribution in [3.63, 3.8) is 0 Å². The first-order chi connectivity index (χ1) is 8.19. The van der Waals surface area contributed by atoms with Gasteiger partial charge in [-0.1, -0.05) is 36.4 Å². The highest BCUT2D eigenvalue weighted by Crippen LogP contribution is 2.08. The van der Waals surface area contributed by atoms with Gasteiger partial charge in [0.25, 0.3) is 0 Å². The molecular weight excluding hydrogens is 212 g/mol. The number of rotatable bonds is 4. The number of benzene rings is 1. The van der Waals surface area contributed by atoms with Gasteiger partial charge in [0.15, 0.2) is 0 Å². The molecule has 17 heavy (non-hydrogen) atoms. The van der Waals surface area contributed by atoms with Crippen LogP contribution in [-0.4, -0.2) is 15.0 Å². The molecule has 1 aromatic heterocycles. The van der Waals surface area contributed by atoms with Gasteiger partial charge in [0.05, 0.1) is 18.4 Å². The Labute approximate surface area is 101 Å². The minimum absolute atomic E-state index is 0.0637. The Kier molecular flexibility index (Phi) is 3.54. The molecule has 1 atom stereocenters. The molecule has 1 aromatic carbocycles. The van der Waals surface area contributed by atoms with Crippen molar-refractivity contribution in [2.75, 3.05) is 0 Å². The van der Waals surface area contributed by atoms with Crippen molar-refractivity contribution in [3.05, 3.63) is 47.3 Å². The van der Waals surface area contributed by atoms with Crippen LogP contribution in [0.5, 0.6) is 0 Å². The number of hydrogen-bond donors (Lipinski definition) is 1.